The average Bonchev–Trinajstić information content (AvgIpc) is 2.53. The van der Waals surface area contributed by atoms with Crippen LogP contribution in [-0.4, -0.2) is 23.9 Å². The van der Waals surface area contributed by atoms with Gasteiger partial charge >= 0.3 is 0 Å². The Labute approximate surface area is 139 Å². The van der Waals surface area contributed by atoms with Crippen LogP contribution in [0.2, 0.25) is 0 Å². The zero-order valence-corrected chi connectivity index (χ0v) is 13.5. The molecule has 0 fully saturated rings. The van der Waals surface area contributed by atoms with Crippen molar-refractivity contribution in [3.8, 4) is 0 Å². The maximum Gasteiger partial charge on any atom is 0.299 e. The minimum absolute atomic E-state index is 0.262. The predicted octanol–water partition coefficient (Wildman–Crippen LogP) is 1.76. The van der Waals surface area contributed by atoms with Crippen LogP contribution in [0.5, 0.6) is 0 Å². The Bertz CT molecular complexity index is 761. The molecule has 2 aromatic rings. The topological polar surface area (TPSA) is 103 Å². The number of nitrogens with zero attached hydrogens (tertiary/aromatic N) is 2. The summed E-state index contributed by atoms with van der Waals surface area (Å²) in [6, 6.07) is 11.4. The van der Waals surface area contributed by atoms with Crippen molar-refractivity contribution in [2.45, 2.75) is 13.1 Å². The van der Waals surface area contributed by atoms with E-state index in [1.165, 1.54) is 17.0 Å². The summed E-state index contributed by atoms with van der Waals surface area (Å²) in [4.78, 5) is 21.9. The van der Waals surface area contributed by atoms with Crippen LogP contribution in [0.3, 0.4) is 0 Å². The van der Waals surface area contributed by atoms with Crippen LogP contribution in [-0.2, 0) is 13.1 Å². The number of nitro groups is 2. The van der Waals surface area contributed by atoms with E-state index in [9.17, 15) is 20.2 Å². The molecule has 24 heavy (non-hydrogen) atoms. The van der Waals surface area contributed by atoms with Crippen LogP contribution in [0, 0.1) is 20.2 Å². The van der Waals surface area contributed by atoms with Crippen molar-refractivity contribution in [1.82, 2.24) is 0 Å². The van der Waals surface area contributed by atoms with Gasteiger partial charge in [0.2, 0.25) is 0 Å². The molecular weight excluding hydrogens is 312 g/mol. The average molecular weight is 331 g/mol. The van der Waals surface area contributed by atoms with Gasteiger partial charge < -0.3 is 10.2 Å². The molecule has 0 saturated carbocycles. The van der Waals surface area contributed by atoms with E-state index in [-0.39, 0.29) is 17.1 Å². The molecule has 8 heteroatoms. The number of hydrogen-bond donors (Lipinski definition) is 2. The van der Waals surface area contributed by atoms with E-state index in [2.05, 4.69) is 5.32 Å². The van der Waals surface area contributed by atoms with E-state index in [4.69, 9.17) is 0 Å². The van der Waals surface area contributed by atoms with Crippen molar-refractivity contribution in [2.75, 3.05) is 19.4 Å². The van der Waals surface area contributed by atoms with Gasteiger partial charge in [-0.25, -0.2) is 0 Å². The number of non-ortho nitro benzene ring substituents is 1. The molecule has 0 bridgehead atoms. The molecule has 0 amide bonds. The quantitative estimate of drug-likeness (QED) is 0.594. The molecule has 0 spiro atoms. The number of nitro benzene ring substituents is 2. The second-order valence-corrected chi connectivity index (χ2v) is 5.72. The minimum atomic E-state index is -0.647. The first-order chi connectivity index (χ1) is 11.4. The Morgan fingerprint density at radius 1 is 1.00 bits per heavy atom. The molecule has 0 aliphatic carbocycles. The lowest BCUT2D eigenvalue weighted by Crippen LogP contribution is -3.04. The second-order valence-electron chi connectivity index (χ2n) is 5.72. The first-order valence-electron chi connectivity index (χ1n) is 7.41. The van der Waals surface area contributed by atoms with Crippen LogP contribution >= 0.6 is 0 Å². The number of quaternary nitrogens is 1. The number of hydrogen-bond acceptors (Lipinski definition) is 5. The van der Waals surface area contributed by atoms with Crippen LogP contribution in [0.25, 0.3) is 0 Å². The van der Waals surface area contributed by atoms with Crippen LogP contribution in [0.4, 0.5) is 17.1 Å². The summed E-state index contributed by atoms with van der Waals surface area (Å²) in [6.07, 6.45) is 0. The SMILES string of the molecule is C[NH+](C)Cc1ccccc1CNc1ccc([N+](=O)[O-])cc1[N+](=O)[O-]. The maximum absolute atomic E-state index is 11.2. The van der Waals surface area contributed by atoms with E-state index in [1.54, 1.807) is 0 Å². The molecule has 0 aliphatic rings. The standard InChI is InChI=1S/C16H18N4O4/c1-18(2)11-13-6-4-3-5-12(13)10-17-15-8-7-14(19(21)22)9-16(15)20(23)24/h3-9,17H,10-11H2,1-2H3/p+1. The van der Waals surface area contributed by atoms with Crippen molar-refractivity contribution in [3.63, 3.8) is 0 Å². The lowest BCUT2D eigenvalue weighted by molar-refractivity contribution is -0.872. The zero-order valence-electron chi connectivity index (χ0n) is 13.5. The molecule has 0 heterocycles. The normalized spacial score (nSPS) is 10.6. The second kappa shape index (κ2) is 7.51. The molecule has 0 saturated heterocycles. The van der Waals surface area contributed by atoms with E-state index in [0.29, 0.717) is 6.54 Å². The summed E-state index contributed by atoms with van der Waals surface area (Å²) in [5.74, 6) is 0. The van der Waals surface area contributed by atoms with Gasteiger partial charge in [-0.15, -0.1) is 0 Å². The smallest absolute Gasteiger partial charge is 0.299 e. The Kier molecular flexibility index (Phi) is 5.43. The molecule has 2 rings (SSSR count). The van der Waals surface area contributed by atoms with Crippen molar-refractivity contribution in [1.29, 1.82) is 0 Å². The zero-order chi connectivity index (χ0) is 17.7. The first kappa shape index (κ1) is 17.4. The van der Waals surface area contributed by atoms with Gasteiger partial charge in [-0.05, 0) is 11.6 Å². The lowest BCUT2D eigenvalue weighted by atomic mass is 10.1. The molecule has 0 unspecified atom stereocenters. The summed E-state index contributed by atoms with van der Waals surface area (Å²) < 4.78 is 0. The summed E-state index contributed by atoms with van der Waals surface area (Å²) in [5.41, 5.74) is 1.84. The third-order valence-electron chi connectivity index (χ3n) is 3.52. The Balaban J connectivity index is 2.23. The summed E-state index contributed by atoms with van der Waals surface area (Å²) >= 11 is 0. The molecule has 0 radical (unpaired) electrons. The van der Waals surface area contributed by atoms with E-state index in [0.717, 1.165) is 23.7 Å². The van der Waals surface area contributed by atoms with E-state index >= 15 is 0 Å². The molecule has 0 atom stereocenters. The van der Waals surface area contributed by atoms with Crippen LogP contribution in [0.15, 0.2) is 42.5 Å². The predicted molar refractivity (Wildman–Crippen MR) is 90.0 cm³/mol. The van der Waals surface area contributed by atoms with Crippen molar-refractivity contribution in [3.05, 3.63) is 73.8 Å². The third-order valence-corrected chi connectivity index (χ3v) is 3.52. The highest BCUT2D eigenvalue weighted by molar-refractivity contribution is 5.65. The van der Waals surface area contributed by atoms with Gasteiger partial charge in [0, 0.05) is 18.2 Å². The van der Waals surface area contributed by atoms with Gasteiger partial charge in [0.25, 0.3) is 11.4 Å². The fourth-order valence-corrected chi connectivity index (χ4v) is 2.41. The summed E-state index contributed by atoms with van der Waals surface area (Å²) in [5, 5.41) is 25.0. The largest absolute Gasteiger partial charge is 0.375 e. The van der Waals surface area contributed by atoms with Gasteiger partial charge in [-0.3, -0.25) is 20.2 Å². The number of nitrogens with one attached hydrogen (secondary N) is 2. The highest BCUT2D eigenvalue weighted by Gasteiger charge is 2.19. The Morgan fingerprint density at radius 3 is 2.25 bits per heavy atom. The van der Waals surface area contributed by atoms with E-state index < -0.39 is 9.85 Å². The Morgan fingerprint density at radius 2 is 1.67 bits per heavy atom. The monoisotopic (exact) mass is 331 g/mol. The minimum Gasteiger partial charge on any atom is -0.375 e. The maximum atomic E-state index is 11.2. The van der Waals surface area contributed by atoms with Gasteiger partial charge in [0.15, 0.2) is 0 Å². The van der Waals surface area contributed by atoms with Gasteiger partial charge in [0.05, 0.1) is 30.0 Å². The molecule has 8 nitrogen and oxygen atoms in total. The molecule has 2 N–H and O–H groups in total. The van der Waals surface area contributed by atoms with Crippen molar-refractivity contribution < 1.29 is 14.7 Å². The first-order valence-corrected chi connectivity index (χ1v) is 7.41. The molecular formula is C16H19N4O4+. The van der Waals surface area contributed by atoms with Crippen molar-refractivity contribution >= 4 is 17.1 Å². The van der Waals surface area contributed by atoms with Crippen molar-refractivity contribution in [2.24, 2.45) is 0 Å². The van der Waals surface area contributed by atoms with Crippen LogP contribution in [0.1, 0.15) is 11.1 Å². The molecule has 2 aromatic carbocycles. The number of rotatable bonds is 7. The number of benzene rings is 2. The third kappa shape index (κ3) is 4.26. The Hall–Kier alpha value is -3.00. The fourth-order valence-electron chi connectivity index (χ4n) is 2.41. The molecule has 126 valence electrons. The highest BCUT2D eigenvalue weighted by Crippen LogP contribution is 2.29. The van der Waals surface area contributed by atoms with Gasteiger partial charge in [-0.1, -0.05) is 24.3 Å². The number of anilines is 1. The summed E-state index contributed by atoms with van der Waals surface area (Å²) in [7, 11) is 4.09. The lowest BCUT2D eigenvalue weighted by Gasteiger charge is -2.13. The summed E-state index contributed by atoms with van der Waals surface area (Å²) in [6.45, 7) is 1.24. The van der Waals surface area contributed by atoms with Crippen LogP contribution < -0.4 is 10.2 Å². The van der Waals surface area contributed by atoms with E-state index in [1.807, 2.05) is 38.4 Å². The molecule has 0 aliphatic heterocycles. The van der Waals surface area contributed by atoms with Gasteiger partial charge in [-0.2, -0.15) is 0 Å². The highest BCUT2D eigenvalue weighted by atomic mass is 16.6. The molecule has 0 aromatic heterocycles. The fraction of sp³-hybridized carbons (Fsp3) is 0.250. The van der Waals surface area contributed by atoms with Gasteiger partial charge in [0.1, 0.15) is 12.2 Å².